The number of aromatic nitrogens is 4. The Kier molecular flexibility index (Phi) is 11.3. The van der Waals surface area contributed by atoms with Crippen molar-refractivity contribution in [2.24, 2.45) is 17.6 Å². The molecular formula is C32H36ClFN8O3. The van der Waals surface area contributed by atoms with Crippen LogP contribution >= 0.6 is 12.4 Å². The lowest BCUT2D eigenvalue weighted by Gasteiger charge is -2.28. The molecule has 6 N–H and O–H groups in total. The number of amides is 3. The molecule has 5 rings (SSSR count). The van der Waals surface area contributed by atoms with Crippen LogP contribution in [0.4, 0.5) is 15.8 Å². The quantitative estimate of drug-likeness (QED) is 0.171. The number of benzene rings is 3. The molecule has 3 amide bonds. The van der Waals surface area contributed by atoms with Crippen LogP contribution in [0.15, 0.2) is 66.7 Å². The Morgan fingerprint density at radius 1 is 0.933 bits per heavy atom. The summed E-state index contributed by atoms with van der Waals surface area (Å²) >= 11 is 0. The first-order valence-corrected chi connectivity index (χ1v) is 14.6. The summed E-state index contributed by atoms with van der Waals surface area (Å²) in [5.41, 5.74) is 9.47. The van der Waals surface area contributed by atoms with E-state index < -0.39 is 11.9 Å². The summed E-state index contributed by atoms with van der Waals surface area (Å²) in [5.74, 6) is -0.669. The van der Waals surface area contributed by atoms with Crippen LogP contribution < -0.4 is 21.7 Å². The number of carbonyl (C=O) groups excluding carboxylic acids is 3. The van der Waals surface area contributed by atoms with Gasteiger partial charge in [0, 0.05) is 30.5 Å². The largest absolute Gasteiger partial charge is 0.344 e. The molecule has 45 heavy (non-hydrogen) atoms. The van der Waals surface area contributed by atoms with Crippen molar-refractivity contribution < 1.29 is 18.8 Å². The molecule has 1 saturated carbocycles. The lowest BCUT2D eigenvalue weighted by Crippen LogP contribution is -2.48. The number of rotatable bonds is 10. The third-order valence-corrected chi connectivity index (χ3v) is 7.95. The Hall–Kier alpha value is -4.68. The topological polar surface area (TPSA) is 168 Å². The molecule has 1 aliphatic rings. The lowest BCUT2D eigenvalue weighted by atomic mass is 9.81. The minimum absolute atomic E-state index is 0. The Morgan fingerprint density at radius 3 is 2.20 bits per heavy atom. The van der Waals surface area contributed by atoms with E-state index in [1.54, 1.807) is 30.3 Å². The standard InChI is InChI=1S/C32H35FN8O3.ClH/c1-19(42)35-28-15-12-25(17-27(28)33)22-6-2-20(3-7-22)16-29(37-31(43)24-8-4-21(18-34)5-9-24)32(44)36-26-13-10-23(11-14-26)30-38-40-41-39-30;/h2-3,6-7,10-15,17,21,24,29H,4-5,8-9,16,18,34H2,1H3,(H,35,42)(H,36,44)(H,37,43)(H,38,39,40,41);1H/t21-,24-,29-;/m0./s1. The summed E-state index contributed by atoms with van der Waals surface area (Å²) in [4.78, 5) is 38.1. The fraction of sp³-hybridized carbons (Fsp3) is 0.312. The highest BCUT2D eigenvalue weighted by Gasteiger charge is 2.29. The van der Waals surface area contributed by atoms with Crippen LogP contribution in [0.3, 0.4) is 0 Å². The predicted octanol–water partition coefficient (Wildman–Crippen LogP) is 4.48. The molecule has 0 unspecified atom stereocenters. The van der Waals surface area contributed by atoms with Crippen LogP contribution in [0.25, 0.3) is 22.5 Å². The molecule has 1 heterocycles. The van der Waals surface area contributed by atoms with Crippen molar-refractivity contribution >= 4 is 41.5 Å². The summed E-state index contributed by atoms with van der Waals surface area (Å²) in [7, 11) is 0. The van der Waals surface area contributed by atoms with E-state index in [-0.39, 0.29) is 48.2 Å². The average Bonchev–Trinajstić information content (AvgIpc) is 3.57. The number of nitrogens with zero attached hydrogens (tertiary/aromatic N) is 3. The number of hydrogen-bond acceptors (Lipinski definition) is 7. The van der Waals surface area contributed by atoms with Gasteiger partial charge in [-0.3, -0.25) is 14.4 Å². The number of anilines is 2. The van der Waals surface area contributed by atoms with Crippen LogP contribution in [0, 0.1) is 17.7 Å². The first-order valence-electron chi connectivity index (χ1n) is 14.6. The summed E-state index contributed by atoms with van der Waals surface area (Å²) in [5, 5.41) is 22.3. The second-order valence-corrected chi connectivity index (χ2v) is 11.1. The van der Waals surface area contributed by atoms with Gasteiger partial charge in [-0.05, 0) is 96.4 Å². The molecule has 1 fully saturated rings. The zero-order valence-electron chi connectivity index (χ0n) is 24.8. The van der Waals surface area contributed by atoms with Crippen LogP contribution in [0.2, 0.25) is 0 Å². The van der Waals surface area contributed by atoms with Crippen molar-refractivity contribution in [3.8, 4) is 22.5 Å². The third kappa shape index (κ3) is 8.70. The smallest absolute Gasteiger partial charge is 0.247 e. The van der Waals surface area contributed by atoms with E-state index in [2.05, 4.69) is 36.6 Å². The second kappa shape index (κ2) is 15.4. The average molecular weight is 635 g/mol. The summed E-state index contributed by atoms with van der Waals surface area (Å²) in [6.45, 7) is 1.94. The Morgan fingerprint density at radius 2 is 1.60 bits per heavy atom. The molecule has 236 valence electrons. The van der Waals surface area contributed by atoms with Crippen molar-refractivity contribution in [2.45, 2.75) is 45.1 Å². The van der Waals surface area contributed by atoms with Crippen LogP contribution in [-0.2, 0) is 20.8 Å². The fourth-order valence-electron chi connectivity index (χ4n) is 5.43. The van der Waals surface area contributed by atoms with E-state index in [9.17, 15) is 18.8 Å². The number of tetrazole rings is 1. The molecule has 1 aliphatic carbocycles. The van der Waals surface area contributed by atoms with Crippen molar-refractivity contribution in [3.05, 3.63) is 78.1 Å². The minimum Gasteiger partial charge on any atom is -0.344 e. The number of halogens is 2. The Balaban J connectivity index is 0.00000461. The zero-order valence-corrected chi connectivity index (χ0v) is 25.6. The molecule has 0 aliphatic heterocycles. The van der Waals surface area contributed by atoms with Gasteiger partial charge in [0.25, 0.3) is 0 Å². The highest BCUT2D eigenvalue weighted by Crippen LogP contribution is 2.29. The van der Waals surface area contributed by atoms with Crippen molar-refractivity contribution in [3.63, 3.8) is 0 Å². The monoisotopic (exact) mass is 634 g/mol. The van der Waals surface area contributed by atoms with E-state index in [1.807, 2.05) is 24.3 Å². The molecule has 4 aromatic rings. The maximum atomic E-state index is 14.5. The zero-order chi connectivity index (χ0) is 31.1. The molecule has 0 saturated heterocycles. The van der Waals surface area contributed by atoms with Gasteiger partial charge in [0.05, 0.1) is 5.69 Å². The molecule has 0 bridgehead atoms. The fourth-order valence-corrected chi connectivity index (χ4v) is 5.43. The van der Waals surface area contributed by atoms with Crippen molar-refractivity contribution in [1.29, 1.82) is 0 Å². The minimum atomic E-state index is -0.827. The van der Waals surface area contributed by atoms with Crippen LogP contribution in [0.5, 0.6) is 0 Å². The number of H-pyrrole nitrogens is 1. The van der Waals surface area contributed by atoms with Gasteiger partial charge < -0.3 is 21.7 Å². The van der Waals surface area contributed by atoms with E-state index in [0.717, 1.165) is 42.4 Å². The number of carbonyl (C=O) groups is 3. The lowest BCUT2D eigenvalue weighted by molar-refractivity contribution is -0.130. The highest BCUT2D eigenvalue weighted by molar-refractivity contribution is 5.98. The van der Waals surface area contributed by atoms with Gasteiger partial charge in [-0.15, -0.1) is 22.6 Å². The molecule has 0 radical (unpaired) electrons. The van der Waals surface area contributed by atoms with Crippen molar-refractivity contribution in [1.82, 2.24) is 25.9 Å². The molecular weight excluding hydrogens is 599 g/mol. The van der Waals surface area contributed by atoms with Crippen molar-refractivity contribution in [2.75, 3.05) is 17.2 Å². The van der Waals surface area contributed by atoms with E-state index >= 15 is 0 Å². The maximum absolute atomic E-state index is 14.5. The maximum Gasteiger partial charge on any atom is 0.247 e. The molecule has 0 spiro atoms. The van der Waals surface area contributed by atoms with E-state index in [1.165, 1.54) is 19.1 Å². The van der Waals surface area contributed by atoms with Gasteiger partial charge >= 0.3 is 0 Å². The normalized spacial score (nSPS) is 16.6. The van der Waals surface area contributed by atoms with Crippen LogP contribution in [-0.4, -0.2) is 50.9 Å². The highest BCUT2D eigenvalue weighted by atomic mass is 35.5. The van der Waals surface area contributed by atoms with Crippen LogP contribution in [0.1, 0.15) is 38.2 Å². The number of hydrogen-bond donors (Lipinski definition) is 5. The molecule has 13 heteroatoms. The summed E-state index contributed by atoms with van der Waals surface area (Å²) in [6.07, 6.45) is 3.53. The van der Waals surface area contributed by atoms with Gasteiger partial charge in [0.15, 0.2) is 0 Å². The predicted molar refractivity (Wildman–Crippen MR) is 172 cm³/mol. The van der Waals surface area contributed by atoms with E-state index in [0.29, 0.717) is 29.5 Å². The molecule has 1 aromatic heterocycles. The molecule has 3 aromatic carbocycles. The summed E-state index contributed by atoms with van der Waals surface area (Å²) in [6, 6.07) is 18.2. The van der Waals surface area contributed by atoms with Gasteiger partial charge in [-0.25, -0.2) is 4.39 Å². The van der Waals surface area contributed by atoms with Gasteiger partial charge in [-0.1, -0.05) is 30.3 Å². The first-order chi connectivity index (χ1) is 21.3. The molecule has 1 atom stereocenters. The summed E-state index contributed by atoms with van der Waals surface area (Å²) < 4.78 is 14.5. The number of nitrogens with two attached hydrogens (primary N) is 1. The Labute approximate surface area is 266 Å². The van der Waals surface area contributed by atoms with E-state index in [4.69, 9.17) is 5.73 Å². The number of aromatic amines is 1. The SMILES string of the molecule is CC(=O)Nc1ccc(-c2ccc(C[C@H](NC(=O)[C@H]3CC[C@H](CN)CC3)C(=O)Nc3ccc(-c4nn[nH]n4)cc3)cc2)cc1F.Cl. The first kappa shape index (κ1) is 33.2. The van der Waals surface area contributed by atoms with Gasteiger partial charge in [-0.2, -0.15) is 5.21 Å². The van der Waals surface area contributed by atoms with Gasteiger partial charge in [0.1, 0.15) is 11.9 Å². The van der Waals surface area contributed by atoms with Gasteiger partial charge in [0.2, 0.25) is 23.5 Å². The molecule has 11 nitrogen and oxygen atoms in total. The second-order valence-electron chi connectivity index (χ2n) is 11.1. The third-order valence-electron chi connectivity index (χ3n) is 7.95. The Bertz CT molecular complexity index is 1590. The number of nitrogens with one attached hydrogen (secondary N) is 4.